The van der Waals surface area contributed by atoms with E-state index in [2.05, 4.69) is 11.8 Å². The van der Waals surface area contributed by atoms with E-state index in [0.29, 0.717) is 17.9 Å². The minimum absolute atomic E-state index is 0.294. The van der Waals surface area contributed by atoms with Gasteiger partial charge in [0.25, 0.3) is 0 Å². The number of benzene rings is 1. The van der Waals surface area contributed by atoms with Crippen molar-refractivity contribution >= 4 is 28.4 Å². The molecule has 14 heavy (non-hydrogen) atoms. The van der Waals surface area contributed by atoms with Gasteiger partial charge in [0.1, 0.15) is 0 Å². The molecule has 0 atom stereocenters. The second-order valence-electron chi connectivity index (χ2n) is 2.66. The Balaban J connectivity index is 2.51. The zero-order valence-corrected chi connectivity index (χ0v) is 8.90. The molecule has 0 N–H and O–H groups in total. The van der Waals surface area contributed by atoms with Crippen LogP contribution in [0.15, 0.2) is 24.3 Å². The lowest BCUT2D eigenvalue weighted by atomic mass is 10.2. The Morgan fingerprint density at radius 2 is 1.93 bits per heavy atom. The maximum atomic E-state index is 10.4. The van der Waals surface area contributed by atoms with E-state index in [9.17, 15) is 4.79 Å². The second kappa shape index (κ2) is 5.70. The predicted molar refractivity (Wildman–Crippen MR) is 58.4 cm³/mol. The van der Waals surface area contributed by atoms with Crippen molar-refractivity contribution in [2.24, 2.45) is 0 Å². The molecule has 0 spiro atoms. The van der Waals surface area contributed by atoms with E-state index in [-0.39, 0.29) is 5.24 Å². The van der Waals surface area contributed by atoms with Crippen LogP contribution < -0.4 is 0 Å². The van der Waals surface area contributed by atoms with Crippen LogP contribution in [0.4, 0.5) is 0 Å². The third-order valence-corrected chi connectivity index (χ3v) is 1.96. The third kappa shape index (κ3) is 4.32. The molecule has 0 radical (unpaired) electrons. The van der Waals surface area contributed by atoms with E-state index in [4.69, 9.17) is 23.2 Å². The molecule has 72 valence electrons. The highest BCUT2D eigenvalue weighted by Gasteiger charge is 1.91. The van der Waals surface area contributed by atoms with Crippen LogP contribution in [0.2, 0.25) is 5.02 Å². The van der Waals surface area contributed by atoms with Crippen LogP contribution in [0.1, 0.15) is 18.4 Å². The minimum Gasteiger partial charge on any atom is -0.281 e. The van der Waals surface area contributed by atoms with Gasteiger partial charge >= 0.3 is 0 Å². The SMILES string of the molecule is O=C(Cl)CCC#Cc1ccc(Cl)cc1. The number of hydrogen-bond donors (Lipinski definition) is 0. The fourth-order valence-corrected chi connectivity index (χ4v) is 1.08. The van der Waals surface area contributed by atoms with E-state index in [1.807, 2.05) is 12.1 Å². The van der Waals surface area contributed by atoms with Gasteiger partial charge in [-0.2, -0.15) is 0 Å². The second-order valence-corrected chi connectivity index (χ2v) is 3.52. The van der Waals surface area contributed by atoms with Gasteiger partial charge in [-0.1, -0.05) is 23.4 Å². The van der Waals surface area contributed by atoms with Crippen LogP contribution in [0.5, 0.6) is 0 Å². The van der Waals surface area contributed by atoms with E-state index in [0.717, 1.165) is 5.56 Å². The molecule has 0 heterocycles. The monoisotopic (exact) mass is 226 g/mol. The number of hydrogen-bond acceptors (Lipinski definition) is 1. The summed E-state index contributed by atoms with van der Waals surface area (Å²) >= 11 is 10.9. The summed E-state index contributed by atoms with van der Waals surface area (Å²) in [5.74, 6) is 5.76. The lowest BCUT2D eigenvalue weighted by Crippen LogP contribution is -1.82. The molecule has 1 aromatic carbocycles. The Morgan fingerprint density at radius 1 is 1.29 bits per heavy atom. The molecule has 0 aliphatic rings. The van der Waals surface area contributed by atoms with Gasteiger partial charge in [0.05, 0.1) is 0 Å². The summed E-state index contributed by atoms with van der Waals surface area (Å²) in [4.78, 5) is 10.4. The molecular weight excluding hydrogens is 219 g/mol. The van der Waals surface area contributed by atoms with Crippen molar-refractivity contribution in [3.05, 3.63) is 34.9 Å². The minimum atomic E-state index is -0.351. The van der Waals surface area contributed by atoms with Crippen molar-refractivity contribution in [3.8, 4) is 11.8 Å². The van der Waals surface area contributed by atoms with Crippen molar-refractivity contribution in [1.29, 1.82) is 0 Å². The highest BCUT2D eigenvalue weighted by molar-refractivity contribution is 6.63. The molecule has 0 saturated heterocycles. The fraction of sp³-hybridized carbons (Fsp3) is 0.182. The van der Waals surface area contributed by atoms with E-state index >= 15 is 0 Å². The Kier molecular flexibility index (Phi) is 4.52. The first-order valence-electron chi connectivity index (χ1n) is 4.11. The van der Waals surface area contributed by atoms with Gasteiger partial charge < -0.3 is 0 Å². The topological polar surface area (TPSA) is 17.1 Å². The van der Waals surface area contributed by atoms with Crippen molar-refractivity contribution in [3.63, 3.8) is 0 Å². The van der Waals surface area contributed by atoms with Gasteiger partial charge in [0, 0.05) is 23.4 Å². The van der Waals surface area contributed by atoms with Crippen LogP contribution in [0.25, 0.3) is 0 Å². The molecule has 0 aliphatic carbocycles. The average Bonchev–Trinajstić information content (AvgIpc) is 2.15. The van der Waals surface area contributed by atoms with Gasteiger partial charge in [0.2, 0.25) is 5.24 Å². The first-order valence-corrected chi connectivity index (χ1v) is 4.87. The Morgan fingerprint density at radius 3 is 2.50 bits per heavy atom. The smallest absolute Gasteiger partial charge is 0.222 e. The third-order valence-electron chi connectivity index (χ3n) is 1.52. The summed E-state index contributed by atoms with van der Waals surface area (Å²) in [6.07, 6.45) is 0.785. The summed E-state index contributed by atoms with van der Waals surface area (Å²) < 4.78 is 0. The largest absolute Gasteiger partial charge is 0.281 e. The van der Waals surface area contributed by atoms with Crippen LogP contribution in [0, 0.1) is 11.8 Å². The first kappa shape index (κ1) is 11.1. The Hall–Kier alpha value is -0.970. The summed E-state index contributed by atoms with van der Waals surface area (Å²) in [5.41, 5.74) is 0.886. The van der Waals surface area contributed by atoms with Crippen LogP contribution >= 0.6 is 23.2 Å². The molecule has 3 heteroatoms. The lowest BCUT2D eigenvalue weighted by Gasteiger charge is -1.89. The van der Waals surface area contributed by atoms with Crippen molar-refractivity contribution in [2.75, 3.05) is 0 Å². The highest BCUT2D eigenvalue weighted by Crippen LogP contribution is 2.08. The Labute approximate surface area is 93.0 Å². The van der Waals surface area contributed by atoms with Gasteiger partial charge in [-0.3, -0.25) is 4.79 Å². The van der Waals surface area contributed by atoms with Crippen LogP contribution in [-0.2, 0) is 4.79 Å². The number of halogens is 2. The summed E-state index contributed by atoms with van der Waals surface area (Å²) in [7, 11) is 0. The molecule has 0 unspecified atom stereocenters. The van der Waals surface area contributed by atoms with Crippen LogP contribution in [-0.4, -0.2) is 5.24 Å². The first-order chi connectivity index (χ1) is 6.68. The van der Waals surface area contributed by atoms with E-state index < -0.39 is 0 Å². The molecule has 0 amide bonds. The van der Waals surface area contributed by atoms with Gasteiger partial charge in [-0.25, -0.2) is 0 Å². The quantitative estimate of drug-likeness (QED) is 0.559. The maximum Gasteiger partial charge on any atom is 0.222 e. The van der Waals surface area contributed by atoms with E-state index in [1.165, 1.54) is 0 Å². The molecule has 0 fully saturated rings. The highest BCUT2D eigenvalue weighted by atomic mass is 35.5. The molecule has 0 aliphatic heterocycles. The van der Waals surface area contributed by atoms with Crippen molar-refractivity contribution < 1.29 is 4.79 Å². The number of rotatable bonds is 2. The lowest BCUT2D eigenvalue weighted by molar-refractivity contribution is -0.111. The maximum absolute atomic E-state index is 10.4. The summed E-state index contributed by atoms with van der Waals surface area (Å²) in [6, 6.07) is 7.21. The molecule has 0 bridgehead atoms. The summed E-state index contributed by atoms with van der Waals surface area (Å²) in [5, 5.41) is 0.335. The molecule has 0 aromatic heterocycles. The predicted octanol–water partition coefficient (Wildman–Crippen LogP) is 3.24. The molecule has 1 rings (SSSR count). The van der Waals surface area contributed by atoms with Crippen LogP contribution in [0.3, 0.4) is 0 Å². The van der Waals surface area contributed by atoms with Gasteiger partial charge in [-0.05, 0) is 35.9 Å². The van der Waals surface area contributed by atoms with Crippen molar-refractivity contribution in [1.82, 2.24) is 0 Å². The normalized spacial score (nSPS) is 9.00. The molecule has 0 saturated carbocycles. The van der Waals surface area contributed by atoms with Gasteiger partial charge in [0.15, 0.2) is 0 Å². The van der Waals surface area contributed by atoms with Crippen molar-refractivity contribution in [2.45, 2.75) is 12.8 Å². The van der Waals surface area contributed by atoms with E-state index in [1.54, 1.807) is 12.1 Å². The summed E-state index contributed by atoms with van der Waals surface area (Å²) in [6.45, 7) is 0. The fourth-order valence-electron chi connectivity index (χ4n) is 0.859. The zero-order valence-electron chi connectivity index (χ0n) is 7.39. The molecular formula is C11H8Cl2O. The van der Waals surface area contributed by atoms with Gasteiger partial charge in [-0.15, -0.1) is 0 Å². The number of carbonyl (C=O) groups excluding carboxylic acids is 1. The standard InChI is InChI=1S/C11H8Cl2O/c12-10-7-5-9(6-8-10)3-1-2-4-11(13)14/h5-8H,2,4H2. The zero-order chi connectivity index (χ0) is 10.4. The average molecular weight is 227 g/mol. The molecule has 1 nitrogen and oxygen atoms in total. The Bertz CT molecular complexity index is 371. The molecule has 1 aromatic rings. The number of carbonyl (C=O) groups is 1.